The van der Waals surface area contributed by atoms with Gasteiger partial charge in [-0.15, -0.1) is 0 Å². The number of hydrogen-bond acceptors (Lipinski definition) is 4. The normalized spacial score (nSPS) is 35.1. The second-order valence-corrected chi connectivity index (χ2v) is 6.92. The molecular formula is C16H26N4. The van der Waals surface area contributed by atoms with Crippen LogP contribution in [0.2, 0.25) is 0 Å². The standard InChI is InChI=1S/C16H26N4/c1-4-15(2)11-19-16(3,13-6-7-13)12-20(15)10-14-17-8-5-9-18-14/h5,8-9,13,19H,4,6-7,10-12H2,1-3H3. The first-order valence-corrected chi connectivity index (χ1v) is 7.82. The van der Waals surface area contributed by atoms with E-state index in [0.717, 1.165) is 37.8 Å². The fourth-order valence-corrected chi connectivity index (χ4v) is 3.32. The molecule has 1 N–H and O–H groups in total. The molecule has 1 aliphatic heterocycles. The number of nitrogens with zero attached hydrogens (tertiary/aromatic N) is 3. The third kappa shape index (κ3) is 2.59. The number of rotatable bonds is 4. The highest BCUT2D eigenvalue weighted by atomic mass is 15.3. The molecule has 2 atom stereocenters. The van der Waals surface area contributed by atoms with E-state index < -0.39 is 0 Å². The van der Waals surface area contributed by atoms with Crippen molar-refractivity contribution in [1.29, 1.82) is 0 Å². The van der Waals surface area contributed by atoms with Crippen LogP contribution in [0.25, 0.3) is 0 Å². The van der Waals surface area contributed by atoms with Crippen molar-refractivity contribution >= 4 is 0 Å². The predicted octanol–water partition coefficient (Wildman–Crippen LogP) is 2.22. The fourth-order valence-electron chi connectivity index (χ4n) is 3.32. The van der Waals surface area contributed by atoms with E-state index in [1.54, 1.807) is 0 Å². The number of nitrogens with one attached hydrogen (secondary N) is 1. The molecule has 1 aliphatic carbocycles. The quantitative estimate of drug-likeness (QED) is 0.914. The maximum absolute atomic E-state index is 4.41. The lowest BCUT2D eigenvalue weighted by Crippen LogP contribution is -2.68. The van der Waals surface area contributed by atoms with Gasteiger partial charge in [-0.3, -0.25) is 4.90 Å². The molecule has 2 unspecified atom stereocenters. The van der Waals surface area contributed by atoms with Gasteiger partial charge in [0.2, 0.25) is 0 Å². The molecule has 4 nitrogen and oxygen atoms in total. The van der Waals surface area contributed by atoms with Crippen molar-refractivity contribution in [3.8, 4) is 0 Å². The molecule has 0 bridgehead atoms. The Morgan fingerprint density at radius 2 is 2.00 bits per heavy atom. The zero-order valence-corrected chi connectivity index (χ0v) is 12.9. The molecule has 3 rings (SSSR count). The molecule has 1 saturated heterocycles. The predicted molar refractivity (Wildman–Crippen MR) is 80.3 cm³/mol. The number of piperazine rings is 1. The van der Waals surface area contributed by atoms with Gasteiger partial charge >= 0.3 is 0 Å². The first-order valence-electron chi connectivity index (χ1n) is 7.82. The zero-order chi connectivity index (χ0) is 14.2. The minimum atomic E-state index is 0.202. The Morgan fingerprint density at radius 1 is 1.30 bits per heavy atom. The summed E-state index contributed by atoms with van der Waals surface area (Å²) >= 11 is 0. The molecule has 2 fully saturated rings. The molecule has 0 aromatic carbocycles. The Morgan fingerprint density at radius 3 is 2.60 bits per heavy atom. The topological polar surface area (TPSA) is 41.0 Å². The summed E-state index contributed by atoms with van der Waals surface area (Å²) in [6, 6.07) is 1.88. The van der Waals surface area contributed by atoms with Crippen LogP contribution in [0.1, 0.15) is 45.9 Å². The number of aromatic nitrogens is 2. The Bertz CT molecular complexity index is 459. The summed E-state index contributed by atoms with van der Waals surface area (Å²) in [6.07, 6.45) is 7.58. The Hall–Kier alpha value is -1.00. The average molecular weight is 274 g/mol. The molecule has 20 heavy (non-hydrogen) atoms. The maximum atomic E-state index is 4.41. The van der Waals surface area contributed by atoms with Crippen LogP contribution in [0.5, 0.6) is 0 Å². The Balaban J connectivity index is 1.79. The van der Waals surface area contributed by atoms with E-state index in [4.69, 9.17) is 0 Å². The SMILES string of the molecule is CCC1(C)CNC(C)(C2CC2)CN1Cc1ncccn1. The second kappa shape index (κ2) is 5.08. The zero-order valence-electron chi connectivity index (χ0n) is 12.9. The summed E-state index contributed by atoms with van der Waals surface area (Å²) in [5.41, 5.74) is 0.469. The molecule has 0 radical (unpaired) electrons. The van der Waals surface area contributed by atoms with Gasteiger partial charge < -0.3 is 5.32 Å². The lowest BCUT2D eigenvalue weighted by Gasteiger charge is -2.52. The van der Waals surface area contributed by atoms with Gasteiger partial charge in [0, 0.05) is 36.6 Å². The van der Waals surface area contributed by atoms with Gasteiger partial charge in [-0.2, -0.15) is 0 Å². The molecule has 2 aliphatic rings. The third-order valence-corrected chi connectivity index (χ3v) is 5.35. The van der Waals surface area contributed by atoms with Gasteiger partial charge in [0.25, 0.3) is 0 Å². The molecular weight excluding hydrogens is 248 g/mol. The van der Waals surface area contributed by atoms with E-state index in [-0.39, 0.29) is 11.1 Å². The summed E-state index contributed by atoms with van der Waals surface area (Å²) < 4.78 is 0. The van der Waals surface area contributed by atoms with Gasteiger partial charge in [0.15, 0.2) is 0 Å². The Kier molecular flexibility index (Phi) is 3.55. The minimum absolute atomic E-state index is 0.202. The molecule has 2 heterocycles. The summed E-state index contributed by atoms with van der Waals surface area (Å²) in [4.78, 5) is 11.4. The van der Waals surface area contributed by atoms with Crippen LogP contribution in [0.3, 0.4) is 0 Å². The highest BCUT2D eigenvalue weighted by molar-refractivity contribution is 5.08. The van der Waals surface area contributed by atoms with Crippen LogP contribution < -0.4 is 5.32 Å². The molecule has 4 heteroatoms. The van der Waals surface area contributed by atoms with Crippen molar-refractivity contribution in [2.45, 2.75) is 57.7 Å². The third-order valence-electron chi connectivity index (χ3n) is 5.35. The van der Waals surface area contributed by atoms with E-state index in [2.05, 4.69) is 41.0 Å². The van der Waals surface area contributed by atoms with Gasteiger partial charge in [0.1, 0.15) is 5.82 Å². The summed E-state index contributed by atoms with van der Waals surface area (Å²) in [5.74, 6) is 1.79. The highest BCUT2D eigenvalue weighted by Crippen LogP contribution is 2.43. The highest BCUT2D eigenvalue weighted by Gasteiger charge is 2.48. The van der Waals surface area contributed by atoms with Crippen LogP contribution in [0, 0.1) is 5.92 Å². The van der Waals surface area contributed by atoms with Crippen LogP contribution in [-0.4, -0.2) is 39.0 Å². The van der Waals surface area contributed by atoms with E-state index >= 15 is 0 Å². The van der Waals surface area contributed by atoms with Crippen LogP contribution in [0.15, 0.2) is 18.5 Å². The summed E-state index contributed by atoms with van der Waals surface area (Å²) in [7, 11) is 0. The van der Waals surface area contributed by atoms with E-state index in [1.165, 1.54) is 12.8 Å². The average Bonchev–Trinajstić information content (AvgIpc) is 3.29. The first-order chi connectivity index (χ1) is 9.56. The smallest absolute Gasteiger partial charge is 0.142 e. The van der Waals surface area contributed by atoms with E-state index in [1.807, 2.05) is 18.5 Å². The minimum Gasteiger partial charge on any atom is -0.308 e. The molecule has 1 saturated carbocycles. The van der Waals surface area contributed by atoms with Crippen molar-refractivity contribution in [3.05, 3.63) is 24.3 Å². The van der Waals surface area contributed by atoms with Crippen molar-refractivity contribution in [1.82, 2.24) is 20.2 Å². The van der Waals surface area contributed by atoms with E-state index in [0.29, 0.717) is 0 Å². The van der Waals surface area contributed by atoms with Gasteiger partial charge in [-0.1, -0.05) is 6.92 Å². The van der Waals surface area contributed by atoms with Crippen molar-refractivity contribution in [3.63, 3.8) is 0 Å². The van der Waals surface area contributed by atoms with Gasteiger partial charge in [0.05, 0.1) is 6.54 Å². The monoisotopic (exact) mass is 274 g/mol. The Labute approximate surface area is 122 Å². The fraction of sp³-hybridized carbons (Fsp3) is 0.750. The van der Waals surface area contributed by atoms with Crippen molar-refractivity contribution < 1.29 is 0 Å². The molecule has 1 aromatic heterocycles. The molecule has 0 amide bonds. The van der Waals surface area contributed by atoms with E-state index in [9.17, 15) is 0 Å². The summed E-state index contributed by atoms with van der Waals surface area (Å²) in [5, 5.41) is 3.83. The van der Waals surface area contributed by atoms with Crippen molar-refractivity contribution in [2.24, 2.45) is 5.92 Å². The van der Waals surface area contributed by atoms with Crippen molar-refractivity contribution in [2.75, 3.05) is 13.1 Å². The summed E-state index contributed by atoms with van der Waals surface area (Å²) in [6.45, 7) is 10.0. The van der Waals surface area contributed by atoms with Crippen LogP contribution in [0.4, 0.5) is 0 Å². The first kappa shape index (κ1) is 14.0. The van der Waals surface area contributed by atoms with Crippen LogP contribution >= 0.6 is 0 Å². The lowest BCUT2D eigenvalue weighted by atomic mass is 9.84. The molecule has 1 aromatic rings. The van der Waals surface area contributed by atoms with Crippen LogP contribution in [-0.2, 0) is 6.54 Å². The maximum Gasteiger partial charge on any atom is 0.142 e. The largest absolute Gasteiger partial charge is 0.308 e. The second-order valence-electron chi connectivity index (χ2n) is 6.92. The molecule has 0 spiro atoms. The van der Waals surface area contributed by atoms with Gasteiger partial charge in [-0.25, -0.2) is 9.97 Å². The number of hydrogen-bond donors (Lipinski definition) is 1. The molecule has 110 valence electrons. The van der Waals surface area contributed by atoms with Gasteiger partial charge in [-0.05, 0) is 45.1 Å². The lowest BCUT2D eigenvalue weighted by molar-refractivity contribution is 0.00247.